The molecule has 3 nitrogen and oxygen atoms in total. The van der Waals surface area contributed by atoms with E-state index in [2.05, 4.69) is 13.8 Å². The predicted octanol–water partition coefficient (Wildman–Crippen LogP) is 3.93. The fraction of sp³-hybridized carbons (Fsp3) is 0.562. The zero-order valence-corrected chi connectivity index (χ0v) is 12.2. The third-order valence-electron chi connectivity index (χ3n) is 4.14. The van der Waals surface area contributed by atoms with E-state index < -0.39 is 5.97 Å². The molecule has 0 unspecified atom stereocenters. The van der Waals surface area contributed by atoms with Crippen molar-refractivity contribution in [1.29, 1.82) is 0 Å². The van der Waals surface area contributed by atoms with E-state index in [9.17, 15) is 14.3 Å². The van der Waals surface area contributed by atoms with Crippen molar-refractivity contribution in [3.63, 3.8) is 0 Å². The maximum atomic E-state index is 13.4. The molecule has 1 aliphatic heterocycles. The van der Waals surface area contributed by atoms with Crippen molar-refractivity contribution in [2.75, 3.05) is 18.0 Å². The van der Waals surface area contributed by atoms with Crippen LogP contribution in [0, 0.1) is 11.2 Å². The lowest BCUT2D eigenvalue weighted by molar-refractivity contribution is 0.0696. The number of hydrogen-bond acceptors (Lipinski definition) is 2. The maximum absolute atomic E-state index is 13.4. The lowest BCUT2D eigenvalue weighted by atomic mass is 9.72. The largest absolute Gasteiger partial charge is 0.478 e. The Bertz CT molecular complexity index is 487. The van der Waals surface area contributed by atoms with Gasteiger partial charge in [-0.2, -0.15) is 0 Å². The summed E-state index contributed by atoms with van der Waals surface area (Å²) in [5.74, 6) is -1.38. The highest BCUT2D eigenvalue weighted by Gasteiger charge is 2.42. The van der Waals surface area contributed by atoms with E-state index >= 15 is 0 Å². The van der Waals surface area contributed by atoms with Gasteiger partial charge in [0, 0.05) is 18.5 Å². The Morgan fingerprint density at radius 2 is 1.90 bits per heavy atom. The molecule has 1 aliphatic rings. The molecule has 0 radical (unpaired) electrons. The van der Waals surface area contributed by atoms with Gasteiger partial charge in [0.1, 0.15) is 5.82 Å². The van der Waals surface area contributed by atoms with Crippen molar-refractivity contribution in [2.24, 2.45) is 5.41 Å². The first-order valence-electron chi connectivity index (χ1n) is 7.29. The van der Waals surface area contributed by atoms with Crippen LogP contribution in [0.4, 0.5) is 10.1 Å². The predicted molar refractivity (Wildman–Crippen MR) is 77.8 cm³/mol. The number of halogens is 1. The van der Waals surface area contributed by atoms with Gasteiger partial charge in [-0.3, -0.25) is 0 Å². The highest BCUT2D eigenvalue weighted by molar-refractivity contribution is 5.94. The molecule has 0 saturated carbocycles. The molecular weight excluding hydrogens is 257 g/mol. The van der Waals surface area contributed by atoms with Crippen LogP contribution in [0.25, 0.3) is 0 Å². The van der Waals surface area contributed by atoms with Gasteiger partial charge in [0.15, 0.2) is 0 Å². The van der Waals surface area contributed by atoms with E-state index in [-0.39, 0.29) is 16.8 Å². The second-order valence-electron chi connectivity index (χ2n) is 5.82. The summed E-state index contributed by atoms with van der Waals surface area (Å²) in [4.78, 5) is 13.2. The van der Waals surface area contributed by atoms with E-state index in [4.69, 9.17) is 0 Å². The second-order valence-corrected chi connectivity index (χ2v) is 5.82. The summed E-state index contributed by atoms with van der Waals surface area (Å²) in [6.07, 6.45) is 4.55. The number of carboxylic acid groups (broad SMARTS) is 1. The molecule has 0 aromatic heterocycles. The van der Waals surface area contributed by atoms with Crippen LogP contribution < -0.4 is 4.90 Å². The number of hydrogen-bond donors (Lipinski definition) is 1. The molecule has 0 amide bonds. The first-order valence-corrected chi connectivity index (χ1v) is 7.29. The van der Waals surface area contributed by atoms with E-state index in [1.54, 1.807) is 0 Å². The van der Waals surface area contributed by atoms with Crippen molar-refractivity contribution in [3.8, 4) is 0 Å². The van der Waals surface area contributed by atoms with Gasteiger partial charge in [0.25, 0.3) is 0 Å². The SMILES string of the molecule is CCCC1(CCC)CN(c2cc(F)ccc2C(=O)O)C1. The molecule has 1 aromatic rings. The van der Waals surface area contributed by atoms with E-state index in [0.717, 1.165) is 38.8 Å². The third-order valence-corrected chi connectivity index (χ3v) is 4.14. The van der Waals surface area contributed by atoms with Crippen LogP contribution in [0.15, 0.2) is 18.2 Å². The standard InChI is InChI=1S/C16H22FNO2/c1-3-7-16(8-4-2)10-18(11-16)14-9-12(17)5-6-13(14)15(19)20/h5-6,9H,3-4,7-8,10-11H2,1-2H3,(H,19,20). The minimum absolute atomic E-state index is 0.188. The van der Waals surface area contributed by atoms with Gasteiger partial charge >= 0.3 is 5.97 Å². The van der Waals surface area contributed by atoms with Gasteiger partial charge in [0.2, 0.25) is 0 Å². The zero-order chi connectivity index (χ0) is 14.8. The minimum Gasteiger partial charge on any atom is -0.478 e. The van der Waals surface area contributed by atoms with Gasteiger partial charge in [-0.25, -0.2) is 9.18 Å². The Labute approximate surface area is 119 Å². The quantitative estimate of drug-likeness (QED) is 0.857. The average molecular weight is 279 g/mol. The van der Waals surface area contributed by atoms with Crippen LogP contribution in [0.1, 0.15) is 49.9 Å². The molecule has 1 N–H and O–H groups in total. The fourth-order valence-corrected chi connectivity index (χ4v) is 3.38. The van der Waals surface area contributed by atoms with Gasteiger partial charge < -0.3 is 10.0 Å². The lowest BCUT2D eigenvalue weighted by Gasteiger charge is -2.52. The van der Waals surface area contributed by atoms with Crippen LogP contribution >= 0.6 is 0 Å². The Hall–Kier alpha value is -1.58. The number of rotatable bonds is 6. The van der Waals surface area contributed by atoms with E-state index in [1.807, 2.05) is 4.90 Å². The monoisotopic (exact) mass is 279 g/mol. The fourth-order valence-electron chi connectivity index (χ4n) is 3.38. The van der Waals surface area contributed by atoms with Gasteiger partial charge in [-0.15, -0.1) is 0 Å². The molecule has 0 spiro atoms. The summed E-state index contributed by atoms with van der Waals surface area (Å²) in [6, 6.07) is 3.90. The Kier molecular flexibility index (Phi) is 4.31. The lowest BCUT2D eigenvalue weighted by Crippen LogP contribution is -2.56. The summed E-state index contributed by atoms with van der Waals surface area (Å²) >= 11 is 0. The summed E-state index contributed by atoms with van der Waals surface area (Å²) in [5.41, 5.74) is 0.985. The number of carbonyl (C=O) groups is 1. The van der Waals surface area contributed by atoms with Crippen LogP contribution in [0.3, 0.4) is 0 Å². The van der Waals surface area contributed by atoms with E-state index in [1.165, 1.54) is 18.2 Å². The molecule has 20 heavy (non-hydrogen) atoms. The number of carboxylic acids is 1. The second kappa shape index (κ2) is 5.81. The molecular formula is C16H22FNO2. The average Bonchev–Trinajstić information content (AvgIpc) is 2.35. The van der Waals surface area contributed by atoms with Crippen molar-refractivity contribution < 1.29 is 14.3 Å². The van der Waals surface area contributed by atoms with Crippen molar-refractivity contribution >= 4 is 11.7 Å². The molecule has 1 heterocycles. The molecule has 110 valence electrons. The first kappa shape index (κ1) is 14.8. The van der Waals surface area contributed by atoms with Gasteiger partial charge in [-0.1, -0.05) is 26.7 Å². The first-order chi connectivity index (χ1) is 9.51. The highest BCUT2D eigenvalue weighted by Crippen LogP contribution is 2.42. The van der Waals surface area contributed by atoms with Crippen LogP contribution in [-0.4, -0.2) is 24.2 Å². The maximum Gasteiger partial charge on any atom is 0.337 e. The third kappa shape index (κ3) is 2.79. The Balaban J connectivity index is 2.19. The molecule has 0 atom stereocenters. The van der Waals surface area contributed by atoms with Gasteiger partial charge in [0.05, 0.1) is 11.3 Å². The van der Waals surface area contributed by atoms with E-state index in [0.29, 0.717) is 5.69 Å². The van der Waals surface area contributed by atoms with Crippen LogP contribution in [-0.2, 0) is 0 Å². The van der Waals surface area contributed by atoms with Crippen molar-refractivity contribution in [1.82, 2.24) is 0 Å². The summed E-state index contributed by atoms with van der Waals surface area (Å²) in [6.45, 7) is 6.01. The summed E-state index contributed by atoms with van der Waals surface area (Å²) in [7, 11) is 0. The summed E-state index contributed by atoms with van der Waals surface area (Å²) < 4.78 is 13.4. The van der Waals surface area contributed by atoms with Crippen LogP contribution in [0.2, 0.25) is 0 Å². The molecule has 1 fully saturated rings. The molecule has 4 heteroatoms. The normalized spacial score (nSPS) is 16.9. The minimum atomic E-state index is -0.997. The van der Waals surface area contributed by atoms with Gasteiger partial charge in [-0.05, 0) is 31.0 Å². The van der Waals surface area contributed by atoms with Crippen molar-refractivity contribution in [3.05, 3.63) is 29.6 Å². The van der Waals surface area contributed by atoms with Crippen LogP contribution in [0.5, 0.6) is 0 Å². The Morgan fingerprint density at radius 1 is 1.30 bits per heavy atom. The number of anilines is 1. The number of nitrogens with zero attached hydrogens (tertiary/aromatic N) is 1. The molecule has 0 aliphatic carbocycles. The highest BCUT2D eigenvalue weighted by atomic mass is 19.1. The molecule has 1 saturated heterocycles. The topological polar surface area (TPSA) is 40.5 Å². The molecule has 0 bridgehead atoms. The smallest absolute Gasteiger partial charge is 0.337 e. The number of aromatic carboxylic acids is 1. The zero-order valence-electron chi connectivity index (χ0n) is 12.2. The molecule has 1 aromatic carbocycles. The Morgan fingerprint density at radius 3 is 2.40 bits per heavy atom. The molecule has 2 rings (SSSR count). The van der Waals surface area contributed by atoms with Crippen molar-refractivity contribution in [2.45, 2.75) is 39.5 Å². The summed E-state index contributed by atoms with van der Waals surface area (Å²) in [5, 5.41) is 9.21. The number of benzene rings is 1.